The lowest BCUT2D eigenvalue weighted by Gasteiger charge is -2.42. The molecule has 2 aliphatic rings. The van der Waals surface area contributed by atoms with E-state index in [1.165, 1.54) is 6.42 Å². The van der Waals surface area contributed by atoms with Gasteiger partial charge in [0.05, 0.1) is 0 Å². The van der Waals surface area contributed by atoms with E-state index >= 15 is 0 Å². The van der Waals surface area contributed by atoms with E-state index < -0.39 is 5.54 Å². The molecular formula is C13H22N2O2. The van der Waals surface area contributed by atoms with Crippen LogP contribution in [0.1, 0.15) is 40.5 Å². The molecule has 4 heteroatoms. The Morgan fingerprint density at radius 2 is 2.00 bits per heavy atom. The van der Waals surface area contributed by atoms with Crippen molar-refractivity contribution in [1.29, 1.82) is 0 Å². The molecule has 17 heavy (non-hydrogen) atoms. The maximum Gasteiger partial charge on any atom is 0.248 e. The molecule has 1 saturated heterocycles. The molecule has 1 saturated carbocycles. The molecule has 2 rings (SSSR count). The first-order valence-electron chi connectivity index (χ1n) is 6.50. The van der Waals surface area contributed by atoms with Crippen LogP contribution in [0, 0.1) is 11.8 Å². The third-order valence-corrected chi connectivity index (χ3v) is 4.00. The molecule has 0 radical (unpaired) electrons. The van der Waals surface area contributed by atoms with Crippen LogP contribution in [0.15, 0.2) is 0 Å². The molecule has 0 aromatic carbocycles. The van der Waals surface area contributed by atoms with Crippen LogP contribution in [0.4, 0.5) is 0 Å². The molecule has 4 nitrogen and oxygen atoms in total. The molecule has 3 atom stereocenters. The van der Waals surface area contributed by atoms with Gasteiger partial charge in [0.15, 0.2) is 0 Å². The average Bonchev–Trinajstić information content (AvgIpc) is 2.90. The normalized spacial score (nSPS) is 35.8. The van der Waals surface area contributed by atoms with Gasteiger partial charge in [0, 0.05) is 6.54 Å². The van der Waals surface area contributed by atoms with Crippen molar-refractivity contribution in [3.8, 4) is 0 Å². The summed E-state index contributed by atoms with van der Waals surface area (Å²) < 4.78 is 0. The SMILES string of the molecule is CCC1C(=O)NC(C)(C)C(=O)N1CC1CC1C. The quantitative estimate of drug-likeness (QED) is 0.802. The zero-order valence-corrected chi connectivity index (χ0v) is 11.1. The first-order chi connectivity index (χ1) is 7.86. The molecule has 1 aliphatic heterocycles. The number of nitrogens with zero attached hydrogens (tertiary/aromatic N) is 1. The third kappa shape index (κ3) is 2.17. The van der Waals surface area contributed by atoms with Crippen molar-refractivity contribution in [2.45, 2.75) is 52.1 Å². The van der Waals surface area contributed by atoms with Crippen LogP contribution in [-0.2, 0) is 9.59 Å². The molecule has 96 valence electrons. The predicted octanol–water partition coefficient (Wildman–Crippen LogP) is 1.16. The highest BCUT2D eigenvalue weighted by molar-refractivity contribution is 5.99. The fraction of sp³-hybridized carbons (Fsp3) is 0.846. The van der Waals surface area contributed by atoms with E-state index in [2.05, 4.69) is 12.2 Å². The Morgan fingerprint density at radius 1 is 1.41 bits per heavy atom. The van der Waals surface area contributed by atoms with Gasteiger partial charge in [-0.15, -0.1) is 0 Å². The first-order valence-corrected chi connectivity index (χ1v) is 6.50. The average molecular weight is 238 g/mol. The summed E-state index contributed by atoms with van der Waals surface area (Å²) in [7, 11) is 0. The minimum absolute atomic E-state index is 0.00889. The number of rotatable bonds is 3. The second kappa shape index (κ2) is 4.00. The van der Waals surface area contributed by atoms with E-state index in [1.54, 1.807) is 18.7 Å². The van der Waals surface area contributed by atoms with Gasteiger partial charge in [0.25, 0.3) is 0 Å². The van der Waals surface area contributed by atoms with Crippen LogP contribution >= 0.6 is 0 Å². The van der Waals surface area contributed by atoms with Crippen molar-refractivity contribution in [1.82, 2.24) is 10.2 Å². The summed E-state index contributed by atoms with van der Waals surface area (Å²) >= 11 is 0. The highest BCUT2D eigenvalue weighted by Gasteiger charge is 2.47. The van der Waals surface area contributed by atoms with Gasteiger partial charge in [-0.05, 0) is 38.5 Å². The van der Waals surface area contributed by atoms with Crippen LogP contribution in [-0.4, -0.2) is 34.8 Å². The third-order valence-electron chi connectivity index (χ3n) is 4.00. The second-order valence-electron chi connectivity index (χ2n) is 5.97. The Hall–Kier alpha value is -1.06. The Balaban J connectivity index is 2.16. The highest BCUT2D eigenvalue weighted by Crippen LogP contribution is 2.39. The maximum absolute atomic E-state index is 12.3. The Labute approximate surface area is 103 Å². The van der Waals surface area contributed by atoms with E-state index in [-0.39, 0.29) is 17.9 Å². The Bertz CT molecular complexity index is 351. The molecule has 1 aliphatic carbocycles. The van der Waals surface area contributed by atoms with Crippen LogP contribution < -0.4 is 5.32 Å². The summed E-state index contributed by atoms with van der Waals surface area (Å²) in [6, 6.07) is -0.275. The number of amides is 2. The second-order valence-corrected chi connectivity index (χ2v) is 5.97. The van der Waals surface area contributed by atoms with Gasteiger partial charge in [-0.1, -0.05) is 13.8 Å². The predicted molar refractivity (Wildman–Crippen MR) is 65.3 cm³/mol. The number of hydrogen-bond donors (Lipinski definition) is 1. The van der Waals surface area contributed by atoms with Gasteiger partial charge < -0.3 is 10.2 Å². The molecule has 0 bridgehead atoms. The molecule has 3 unspecified atom stereocenters. The van der Waals surface area contributed by atoms with Crippen molar-refractivity contribution < 1.29 is 9.59 Å². The lowest BCUT2D eigenvalue weighted by molar-refractivity contribution is -0.153. The van der Waals surface area contributed by atoms with Crippen LogP contribution in [0.3, 0.4) is 0 Å². The molecule has 1 heterocycles. The van der Waals surface area contributed by atoms with E-state index in [9.17, 15) is 9.59 Å². The molecule has 2 fully saturated rings. The standard InChI is InChI=1S/C13H22N2O2/c1-5-10-11(16)14-13(3,4)12(17)15(10)7-9-6-8(9)2/h8-10H,5-7H2,1-4H3,(H,14,16). The summed E-state index contributed by atoms with van der Waals surface area (Å²) in [6.45, 7) is 8.46. The summed E-state index contributed by atoms with van der Waals surface area (Å²) in [5, 5.41) is 2.81. The maximum atomic E-state index is 12.3. The van der Waals surface area contributed by atoms with Crippen molar-refractivity contribution in [3.05, 3.63) is 0 Å². The summed E-state index contributed by atoms with van der Waals surface area (Å²) in [6.07, 6.45) is 1.87. The van der Waals surface area contributed by atoms with Gasteiger partial charge in [-0.3, -0.25) is 9.59 Å². The van der Waals surface area contributed by atoms with Crippen LogP contribution in [0.25, 0.3) is 0 Å². The van der Waals surface area contributed by atoms with Gasteiger partial charge in [0.1, 0.15) is 11.6 Å². The monoisotopic (exact) mass is 238 g/mol. The summed E-state index contributed by atoms with van der Waals surface area (Å²) in [5.74, 6) is 1.34. The van der Waals surface area contributed by atoms with Gasteiger partial charge in [-0.2, -0.15) is 0 Å². The van der Waals surface area contributed by atoms with Crippen LogP contribution in [0.2, 0.25) is 0 Å². The Kier molecular flexibility index (Phi) is 2.92. The number of nitrogens with one attached hydrogen (secondary N) is 1. The minimum atomic E-state index is -0.749. The molecule has 0 aromatic rings. The number of carbonyl (C=O) groups excluding carboxylic acids is 2. The van der Waals surface area contributed by atoms with Crippen molar-refractivity contribution in [3.63, 3.8) is 0 Å². The van der Waals surface area contributed by atoms with Crippen LogP contribution in [0.5, 0.6) is 0 Å². The van der Waals surface area contributed by atoms with E-state index in [1.807, 2.05) is 6.92 Å². The van der Waals surface area contributed by atoms with Crippen molar-refractivity contribution in [2.75, 3.05) is 6.54 Å². The summed E-state index contributed by atoms with van der Waals surface area (Å²) in [4.78, 5) is 26.1. The summed E-state index contributed by atoms with van der Waals surface area (Å²) in [5.41, 5.74) is -0.749. The smallest absolute Gasteiger partial charge is 0.248 e. The number of carbonyl (C=O) groups is 2. The number of hydrogen-bond acceptors (Lipinski definition) is 2. The number of piperazine rings is 1. The van der Waals surface area contributed by atoms with Gasteiger partial charge >= 0.3 is 0 Å². The largest absolute Gasteiger partial charge is 0.340 e. The molecule has 0 aromatic heterocycles. The fourth-order valence-electron chi connectivity index (χ4n) is 2.61. The lowest BCUT2D eigenvalue weighted by atomic mass is 9.95. The van der Waals surface area contributed by atoms with E-state index in [0.29, 0.717) is 18.3 Å². The molecule has 0 spiro atoms. The van der Waals surface area contributed by atoms with Gasteiger partial charge in [-0.25, -0.2) is 0 Å². The van der Waals surface area contributed by atoms with Gasteiger partial charge in [0.2, 0.25) is 11.8 Å². The highest BCUT2D eigenvalue weighted by atomic mass is 16.2. The van der Waals surface area contributed by atoms with E-state index in [4.69, 9.17) is 0 Å². The zero-order valence-electron chi connectivity index (χ0n) is 11.1. The zero-order chi connectivity index (χ0) is 12.8. The first kappa shape index (κ1) is 12.4. The molecule has 2 amide bonds. The van der Waals surface area contributed by atoms with Crippen molar-refractivity contribution >= 4 is 11.8 Å². The lowest BCUT2D eigenvalue weighted by Crippen LogP contribution is -2.68. The minimum Gasteiger partial charge on any atom is -0.340 e. The Morgan fingerprint density at radius 3 is 2.47 bits per heavy atom. The van der Waals surface area contributed by atoms with E-state index in [0.717, 1.165) is 6.54 Å². The topological polar surface area (TPSA) is 49.4 Å². The fourth-order valence-corrected chi connectivity index (χ4v) is 2.61. The molecular weight excluding hydrogens is 216 g/mol. The molecule has 1 N–H and O–H groups in total. The van der Waals surface area contributed by atoms with Crippen molar-refractivity contribution in [2.24, 2.45) is 11.8 Å².